The summed E-state index contributed by atoms with van der Waals surface area (Å²) in [6, 6.07) is 6.86. The number of rotatable bonds is 6. The third-order valence-electron chi connectivity index (χ3n) is 4.49. The van der Waals surface area contributed by atoms with E-state index in [-0.39, 0.29) is 33.8 Å². The van der Waals surface area contributed by atoms with E-state index in [1.54, 1.807) is 26.2 Å². The summed E-state index contributed by atoms with van der Waals surface area (Å²) in [4.78, 5) is 12.8. The molecule has 0 bridgehead atoms. The number of aromatic nitrogens is 2. The molecule has 0 radical (unpaired) electrons. The van der Waals surface area contributed by atoms with Gasteiger partial charge < -0.3 is 15.5 Å². The van der Waals surface area contributed by atoms with Gasteiger partial charge in [-0.25, -0.2) is 4.79 Å². The van der Waals surface area contributed by atoms with Crippen molar-refractivity contribution in [3.63, 3.8) is 0 Å². The molecule has 0 saturated carbocycles. The molecule has 6 nitrogen and oxygen atoms in total. The molecule has 0 amide bonds. The van der Waals surface area contributed by atoms with E-state index < -0.39 is 11.7 Å². The molecule has 1 aromatic heterocycles. The average molecular weight is 460 g/mol. The highest BCUT2D eigenvalue weighted by molar-refractivity contribution is 8.00. The van der Waals surface area contributed by atoms with Gasteiger partial charge in [0.1, 0.15) is 5.75 Å². The second kappa shape index (κ2) is 8.48. The number of aliphatic hydroxyl groups excluding tert-OH is 1. The van der Waals surface area contributed by atoms with Crippen LogP contribution in [-0.4, -0.2) is 30.6 Å². The van der Waals surface area contributed by atoms with Crippen LogP contribution in [0.1, 0.15) is 18.7 Å². The van der Waals surface area contributed by atoms with Gasteiger partial charge in [-0.1, -0.05) is 6.92 Å². The summed E-state index contributed by atoms with van der Waals surface area (Å²) in [6.45, 7) is 1.94. The normalized spacial score (nSPS) is 13.0. The molecule has 3 N–H and O–H groups in total. The Morgan fingerprint density at radius 1 is 1.13 bits per heavy atom. The number of hydrogen-bond donors (Lipinski definition) is 3. The first-order valence-electron chi connectivity index (χ1n) is 8.87. The molecule has 162 valence electrons. The molecule has 30 heavy (non-hydrogen) atoms. The fourth-order valence-electron chi connectivity index (χ4n) is 3.09. The Bertz CT molecular complexity index is 1140. The van der Waals surface area contributed by atoms with Crippen LogP contribution in [0.3, 0.4) is 0 Å². The lowest BCUT2D eigenvalue weighted by atomic mass is 10.1. The van der Waals surface area contributed by atoms with Crippen molar-refractivity contribution in [1.82, 2.24) is 9.13 Å². The van der Waals surface area contributed by atoms with Crippen LogP contribution in [-0.2, 0) is 14.1 Å². The highest BCUT2D eigenvalue weighted by Gasteiger charge is 2.29. The van der Waals surface area contributed by atoms with Crippen molar-refractivity contribution in [3.05, 3.63) is 46.4 Å². The fourth-order valence-corrected chi connectivity index (χ4v) is 4.51. The Morgan fingerprint density at radius 3 is 2.37 bits per heavy atom. The molecule has 1 heterocycles. The first kappa shape index (κ1) is 22.4. The lowest BCUT2D eigenvalue weighted by Crippen LogP contribution is -2.19. The minimum Gasteiger partial charge on any atom is -0.506 e. The van der Waals surface area contributed by atoms with Crippen LogP contribution >= 0.6 is 23.5 Å². The zero-order valence-electron chi connectivity index (χ0n) is 16.3. The summed E-state index contributed by atoms with van der Waals surface area (Å²) in [5.74, 6) is 0.410. The number of nitrogens with one attached hydrogen (secondary N) is 1. The molecule has 0 aliphatic heterocycles. The number of halogens is 3. The highest BCUT2D eigenvalue weighted by Crippen LogP contribution is 2.40. The third kappa shape index (κ3) is 4.57. The quantitative estimate of drug-likeness (QED) is 0.288. The number of anilines is 1. The first-order chi connectivity index (χ1) is 14.0. The molecule has 0 spiro atoms. The van der Waals surface area contributed by atoms with Crippen LogP contribution in [0.25, 0.3) is 11.0 Å². The van der Waals surface area contributed by atoms with Gasteiger partial charge in [-0.15, -0.1) is 11.8 Å². The van der Waals surface area contributed by atoms with E-state index in [9.17, 15) is 28.2 Å². The standard InChI is InChI=1S/C19H20F3N3O3S2/c1-4-29-16-9-14-13(24(2)18(28)25(14)3)8-11(16)17(27)23-12-7-10(5-6-15(12)26)30-19(20,21)22/h5-9,17,23,26-27H,4H2,1-3H3. The highest BCUT2D eigenvalue weighted by atomic mass is 32.2. The third-order valence-corrected chi connectivity index (χ3v) is 6.17. The Kier molecular flexibility index (Phi) is 6.34. The average Bonchev–Trinajstić information content (AvgIpc) is 2.87. The van der Waals surface area contributed by atoms with Crippen molar-refractivity contribution in [2.24, 2.45) is 14.1 Å². The van der Waals surface area contributed by atoms with Crippen molar-refractivity contribution >= 4 is 40.2 Å². The van der Waals surface area contributed by atoms with Gasteiger partial charge in [-0.3, -0.25) is 9.13 Å². The smallest absolute Gasteiger partial charge is 0.446 e. The topological polar surface area (TPSA) is 79.4 Å². The molecule has 1 atom stereocenters. The number of phenols is 1. The number of hydrogen-bond acceptors (Lipinski definition) is 6. The van der Waals surface area contributed by atoms with Crippen LogP contribution in [0.5, 0.6) is 5.75 Å². The molecule has 11 heteroatoms. The first-order valence-corrected chi connectivity index (χ1v) is 10.7. The number of aromatic hydroxyl groups is 1. The van der Waals surface area contributed by atoms with E-state index in [1.165, 1.54) is 20.9 Å². The van der Waals surface area contributed by atoms with Crippen LogP contribution < -0.4 is 11.0 Å². The van der Waals surface area contributed by atoms with E-state index in [4.69, 9.17) is 0 Å². The van der Waals surface area contributed by atoms with Crippen molar-refractivity contribution in [2.45, 2.75) is 28.5 Å². The number of benzene rings is 2. The Labute approximate surface area is 178 Å². The summed E-state index contributed by atoms with van der Waals surface area (Å²) in [5.41, 5.74) is -2.98. The molecule has 0 saturated heterocycles. The van der Waals surface area contributed by atoms with E-state index in [2.05, 4.69) is 5.32 Å². The van der Waals surface area contributed by atoms with Crippen LogP contribution in [0.15, 0.2) is 44.9 Å². The number of imidazole rings is 1. The van der Waals surface area contributed by atoms with E-state index in [0.717, 1.165) is 18.2 Å². The number of thioether (sulfide) groups is 2. The summed E-state index contributed by atoms with van der Waals surface area (Å²) in [6.07, 6.45) is -1.32. The lowest BCUT2D eigenvalue weighted by molar-refractivity contribution is -0.0328. The SMILES string of the molecule is CCSc1cc2c(cc1C(O)Nc1cc(SC(F)(F)F)ccc1O)n(C)c(=O)n2C. The molecule has 3 aromatic rings. The molecular weight excluding hydrogens is 439 g/mol. The van der Waals surface area contributed by atoms with Gasteiger partial charge in [0, 0.05) is 29.4 Å². The summed E-state index contributed by atoms with van der Waals surface area (Å²) >= 11 is 1.14. The maximum atomic E-state index is 12.7. The molecule has 1 unspecified atom stereocenters. The summed E-state index contributed by atoms with van der Waals surface area (Å²) < 4.78 is 40.9. The van der Waals surface area contributed by atoms with Crippen molar-refractivity contribution < 1.29 is 23.4 Å². The second-order valence-corrected chi connectivity index (χ2v) is 8.93. The van der Waals surface area contributed by atoms with Gasteiger partial charge in [0.15, 0.2) is 6.23 Å². The van der Waals surface area contributed by atoms with Crippen LogP contribution in [0, 0.1) is 0 Å². The van der Waals surface area contributed by atoms with E-state index in [1.807, 2.05) is 6.92 Å². The summed E-state index contributed by atoms with van der Waals surface area (Å²) in [7, 11) is 3.27. The Balaban J connectivity index is 2.01. The maximum Gasteiger partial charge on any atom is 0.446 e. The number of fused-ring (bicyclic) bond motifs is 1. The number of nitrogens with zero attached hydrogens (tertiary/aromatic N) is 2. The molecule has 2 aromatic carbocycles. The fraction of sp³-hybridized carbons (Fsp3) is 0.316. The van der Waals surface area contributed by atoms with Gasteiger partial charge in [-0.2, -0.15) is 13.2 Å². The molecule has 0 fully saturated rings. The van der Waals surface area contributed by atoms with E-state index in [0.29, 0.717) is 27.2 Å². The van der Waals surface area contributed by atoms with Crippen molar-refractivity contribution in [3.8, 4) is 5.75 Å². The predicted octanol–water partition coefficient (Wildman–Crippen LogP) is 4.41. The van der Waals surface area contributed by atoms with Gasteiger partial charge in [0.05, 0.1) is 16.7 Å². The van der Waals surface area contributed by atoms with Crippen molar-refractivity contribution in [1.29, 1.82) is 0 Å². The maximum absolute atomic E-state index is 12.7. The molecule has 3 rings (SSSR count). The largest absolute Gasteiger partial charge is 0.506 e. The predicted molar refractivity (Wildman–Crippen MR) is 113 cm³/mol. The van der Waals surface area contributed by atoms with Gasteiger partial charge in [-0.05, 0) is 47.8 Å². The Morgan fingerprint density at radius 2 is 1.77 bits per heavy atom. The number of phenolic OH excluding ortho intramolecular Hbond substituents is 1. The van der Waals surface area contributed by atoms with Gasteiger partial charge in [0.25, 0.3) is 0 Å². The molecule has 0 aliphatic carbocycles. The summed E-state index contributed by atoms with van der Waals surface area (Å²) in [5, 5.41) is 23.5. The minimum atomic E-state index is -4.47. The van der Waals surface area contributed by atoms with Crippen LogP contribution in [0.2, 0.25) is 0 Å². The van der Waals surface area contributed by atoms with Crippen molar-refractivity contribution in [2.75, 3.05) is 11.1 Å². The minimum absolute atomic E-state index is 0.0359. The number of aryl methyl sites for hydroxylation is 2. The van der Waals surface area contributed by atoms with Crippen LogP contribution in [0.4, 0.5) is 18.9 Å². The van der Waals surface area contributed by atoms with Gasteiger partial charge in [0.2, 0.25) is 0 Å². The lowest BCUT2D eigenvalue weighted by Gasteiger charge is -2.19. The van der Waals surface area contributed by atoms with Gasteiger partial charge >= 0.3 is 11.2 Å². The second-order valence-electron chi connectivity index (χ2n) is 6.49. The molecule has 0 aliphatic rings. The zero-order chi connectivity index (χ0) is 22.2. The number of aliphatic hydroxyl groups is 1. The molecular formula is C19H20F3N3O3S2. The zero-order valence-corrected chi connectivity index (χ0v) is 18.0. The monoisotopic (exact) mass is 459 g/mol. The Hall–Kier alpha value is -2.24. The van der Waals surface area contributed by atoms with E-state index >= 15 is 0 Å². The number of alkyl halides is 3.